The number of hydrogen-bond donors (Lipinski definition) is 0. The molecule has 2 heterocycles. The number of para-hydroxylation sites is 3. The van der Waals surface area contributed by atoms with Gasteiger partial charge in [-0.2, -0.15) is 0 Å². The number of ether oxygens (including phenoxy) is 1. The molecule has 0 saturated heterocycles. The van der Waals surface area contributed by atoms with Crippen LogP contribution in [0.1, 0.15) is 5.56 Å². The summed E-state index contributed by atoms with van der Waals surface area (Å²) in [5.41, 5.74) is 3.31. The van der Waals surface area contributed by atoms with Crippen molar-refractivity contribution in [3.63, 3.8) is 0 Å². The Hall–Kier alpha value is -2.59. The fourth-order valence-corrected chi connectivity index (χ4v) is 3.56. The van der Waals surface area contributed by atoms with Crippen molar-refractivity contribution in [2.24, 2.45) is 0 Å². The minimum absolute atomic E-state index is 0.734. The minimum atomic E-state index is 0.734. The second kappa shape index (κ2) is 5.89. The summed E-state index contributed by atoms with van der Waals surface area (Å²) < 4.78 is 7.77. The van der Waals surface area contributed by atoms with Gasteiger partial charge in [0.05, 0.1) is 29.6 Å². The van der Waals surface area contributed by atoms with Gasteiger partial charge in [0.15, 0.2) is 5.82 Å². The average molecular weight is 320 g/mol. The monoisotopic (exact) mass is 320 g/mol. The first-order valence-corrected chi connectivity index (χ1v) is 8.36. The van der Waals surface area contributed by atoms with Gasteiger partial charge in [0, 0.05) is 5.56 Å². The predicted molar refractivity (Wildman–Crippen MR) is 95.1 cm³/mol. The van der Waals surface area contributed by atoms with Crippen molar-refractivity contribution in [1.82, 2.24) is 9.55 Å². The van der Waals surface area contributed by atoms with Crippen LogP contribution < -0.4 is 4.74 Å². The second-order valence-corrected chi connectivity index (χ2v) is 6.25. The van der Waals surface area contributed by atoms with Gasteiger partial charge in [0.2, 0.25) is 0 Å². The third-order valence-corrected chi connectivity index (χ3v) is 4.78. The van der Waals surface area contributed by atoms with Crippen molar-refractivity contribution in [2.75, 3.05) is 7.11 Å². The van der Waals surface area contributed by atoms with E-state index in [1.165, 1.54) is 4.88 Å². The predicted octanol–water partition coefficient (Wildman–Crippen LogP) is 4.82. The second-order valence-electron chi connectivity index (χ2n) is 5.30. The summed E-state index contributed by atoms with van der Waals surface area (Å²) in [6.45, 7) is 0.734. The van der Waals surface area contributed by atoms with E-state index in [0.29, 0.717) is 0 Å². The highest BCUT2D eigenvalue weighted by atomic mass is 32.1. The topological polar surface area (TPSA) is 27.1 Å². The molecule has 0 N–H and O–H groups in total. The van der Waals surface area contributed by atoms with Crippen molar-refractivity contribution in [2.45, 2.75) is 6.54 Å². The summed E-state index contributed by atoms with van der Waals surface area (Å²) in [6.07, 6.45) is 0. The SMILES string of the molecule is COc1ccccc1Cn1c(-c2cccs2)nc2ccccc21. The van der Waals surface area contributed by atoms with Crippen LogP contribution in [0.2, 0.25) is 0 Å². The molecule has 0 aliphatic rings. The summed E-state index contributed by atoms with van der Waals surface area (Å²) in [4.78, 5) is 6.02. The Labute approximate surface area is 138 Å². The van der Waals surface area contributed by atoms with Crippen LogP contribution in [0.15, 0.2) is 66.0 Å². The Morgan fingerprint density at radius 2 is 1.83 bits per heavy atom. The molecule has 2 aromatic heterocycles. The number of rotatable bonds is 4. The van der Waals surface area contributed by atoms with Crippen LogP contribution >= 0.6 is 11.3 Å². The number of hydrogen-bond acceptors (Lipinski definition) is 3. The molecule has 0 spiro atoms. The van der Waals surface area contributed by atoms with Crippen LogP contribution in [0.3, 0.4) is 0 Å². The normalized spacial score (nSPS) is 11.0. The largest absolute Gasteiger partial charge is 0.496 e. The highest BCUT2D eigenvalue weighted by Crippen LogP contribution is 2.30. The number of imidazole rings is 1. The number of nitrogens with zero attached hydrogens (tertiary/aromatic N) is 2. The first kappa shape index (κ1) is 14.0. The Balaban J connectivity index is 1.89. The van der Waals surface area contributed by atoms with Crippen molar-refractivity contribution >= 4 is 22.4 Å². The van der Waals surface area contributed by atoms with Gasteiger partial charge < -0.3 is 9.30 Å². The van der Waals surface area contributed by atoms with Crippen molar-refractivity contribution in [3.8, 4) is 16.5 Å². The van der Waals surface area contributed by atoms with Gasteiger partial charge in [-0.15, -0.1) is 11.3 Å². The van der Waals surface area contributed by atoms with E-state index in [2.05, 4.69) is 46.3 Å². The molecule has 4 aromatic rings. The highest BCUT2D eigenvalue weighted by Gasteiger charge is 2.14. The van der Waals surface area contributed by atoms with Crippen molar-refractivity contribution in [3.05, 3.63) is 71.6 Å². The number of thiophene rings is 1. The Morgan fingerprint density at radius 1 is 1.00 bits per heavy atom. The van der Waals surface area contributed by atoms with Crippen LogP contribution in [0.5, 0.6) is 5.75 Å². The summed E-state index contributed by atoms with van der Waals surface area (Å²) in [6, 6.07) is 20.6. The Morgan fingerprint density at radius 3 is 2.65 bits per heavy atom. The zero-order chi connectivity index (χ0) is 15.6. The van der Waals surface area contributed by atoms with E-state index in [4.69, 9.17) is 9.72 Å². The van der Waals surface area contributed by atoms with Crippen LogP contribution in [-0.2, 0) is 6.54 Å². The van der Waals surface area contributed by atoms with Crippen LogP contribution in [0.4, 0.5) is 0 Å². The lowest BCUT2D eigenvalue weighted by molar-refractivity contribution is 0.408. The van der Waals surface area contributed by atoms with Gasteiger partial charge >= 0.3 is 0 Å². The van der Waals surface area contributed by atoms with E-state index >= 15 is 0 Å². The molecule has 0 bridgehead atoms. The maximum Gasteiger partial charge on any atom is 0.151 e. The standard InChI is InChI=1S/C19H16N2OS/c1-22-17-10-5-2-7-14(17)13-21-16-9-4-3-8-15(16)20-19(21)18-11-6-12-23-18/h2-12H,13H2,1H3. The molecule has 23 heavy (non-hydrogen) atoms. The summed E-state index contributed by atoms with van der Waals surface area (Å²) in [7, 11) is 1.71. The van der Waals surface area contributed by atoms with Crippen LogP contribution in [-0.4, -0.2) is 16.7 Å². The fourth-order valence-electron chi connectivity index (χ4n) is 2.83. The fraction of sp³-hybridized carbons (Fsp3) is 0.105. The number of methoxy groups -OCH3 is 1. The summed E-state index contributed by atoms with van der Waals surface area (Å²) in [5, 5.41) is 2.09. The highest BCUT2D eigenvalue weighted by molar-refractivity contribution is 7.13. The zero-order valence-corrected chi connectivity index (χ0v) is 13.6. The first-order valence-electron chi connectivity index (χ1n) is 7.48. The van der Waals surface area contributed by atoms with Gasteiger partial charge in [-0.3, -0.25) is 0 Å². The van der Waals surface area contributed by atoms with Crippen molar-refractivity contribution < 1.29 is 4.74 Å². The lowest BCUT2D eigenvalue weighted by atomic mass is 10.2. The molecule has 0 aliphatic heterocycles. The smallest absolute Gasteiger partial charge is 0.151 e. The molecule has 0 radical (unpaired) electrons. The molecule has 0 amide bonds. The maximum absolute atomic E-state index is 5.51. The minimum Gasteiger partial charge on any atom is -0.496 e. The molecule has 114 valence electrons. The lowest BCUT2D eigenvalue weighted by Gasteiger charge is -2.12. The molecule has 0 atom stereocenters. The average Bonchev–Trinajstić information content (AvgIpc) is 3.23. The quantitative estimate of drug-likeness (QED) is 0.539. The third kappa shape index (κ3) is 2.51. The number of benzene rings is 2. The van der Waals surface area contributed by atoms with E-state index in [1.807, 2.05) is 24.3 Å². The molecular weight excluding hydrogens is 304 g/mol. The number of fused-ring (bicyclic) bond motifs is 1. The van der Waals surface area contributed by atoms with E-state index in [0.717, 1.165) is 34.7 Å². The summed E-state index contributed by atoms with van der Waals surface area (Å²) in [5.74, 6) is 1.91. The van der Waals surface area contributed by atoms with E-state index in [9.17, 15) is 0 Å². The molecule has 0 fully saturated rings. The molecule has 0 unspecified atom stereocenters. The van der Waals surface area contributed by atoms with E-state index in [1.54, 1.807) is 18.4 Å². The van der Waals surface area contributed by atoms with E-state index in [-0.39, 0.29) is 0 Å². The van der Waals surface area contributed by atoms with Crippen LogP contribution in [0.25, 0.3) is 21.7 Å². The summed E-state index contributed by atoms with van der Waals surface area (Å²) >= 11 is 1.71. The zero-order valence-electron chi connectivity index (χ0n) is 12.8. The van der Waals surface area contributed by atoms with Crippen LogP contribution in [0, 0.1) is 0 Å². The third-order valence-electron chi connectivity index (χ3n) is 3.92. The van der Waals surface area contributed by atoms with E-state index < -0.39 is 0 Å². The Bertz CT molecular complexity index is 941. The lowest BCUT2D eigenvalue weighted by Crippen LogP contribution is -2.03. The van der Waals surface area contributed by atoms with Gasteiger partial charge in [-0.1, -0.05) is 36.4 Å². The molecule has 4 rings (SSSR count). The molecule has 3 nitrogen and oxygen atoms in total. The molecule has 4 heteroatoms. The molecule has 2 aromatic carbocycles. The first-order chi connectivity index (χ1) is 11.4. The maximum atomic E-state index is 5.51. The van der Waals surface area contributed by atoms with Crippen molar-refractivity contribution in [1.29, 1.82) is 0 Å². The van der Waals surface area contributed by atoms with Gasteiger partial charge in [0.1, 0.15) is 5.75 Å². The van der Waals surface area contributed by atoms with Gasteiger partial charge in [0.25, 0.3) is 0 Å². The Kier molecular flexibility index (Phi) is 3.60. The molecule has 0 aliphatic carbocycles. The van der Waals surface area contributed by atoms with Gasteiger partial charge in [-0.25, -0.2) is 4.98 Å². The molecular formula is C19H16N2OS. The van der Waals surface area contributed by atoms with Gasteiger partial charge in [-0.05, 0) is 29.6 Å². The number of aromatic nitrogens is 2. The molecule has 0 saturated carbocycles.